The maximum absolute atomic E-state index is 11.9. The Labute approximate surface area is 127 Å². The van der Waals surface area contributed by atoms with Crippen LogP contribution in [0.2, 0.25) is 0 Å². The minimum Gasteiger partial charge on any atom is -0.481 e. The first kappa shape index (κ1) is 17.8. The van der Waals surface area contributed by atoms with E-state index in [4.69, 9.17) is 5.11 Å². The number of aliphatic carboxylic acids is 1. The van der Waals surface area contributed by atoms with Gasteiger partial charge in [-0.05, 0) is 39.3 Å². The minimum atomic E-state index is -0.734. The molecule has 2 amide bonds. The number of carboxylic acids is 1. The molecule has 1 aliphatic rings. The van der Waals surface area contributed by atoms with Crippen molar-refractivity contribution in [2.24, 2.45) is 0 Å². The molecule has 1 rings (SSSR count). The third-order valence-corrected chi connectivity index (χ3v) is 4.10. The molecule has 1 atom stereocenters. The van der Waals surface area contributed by atoms with E-state index in [9.17, 15) is 9.59 Å². The zero-order chi connectivity index (χ0) is 15.7. The van der Waals surface area contributed by atoms with E-state index in [0.29, 0.717) is 12.6 Å². The molecular weight excluding hydrogens is 270 g/mol. The summed E-state index contributed by atoms with van der Waals surface area (Å²) in [6, 6.07) is 0.470. The Bertz CT molecular complexity index is 336. The Morgan fingerprint density at radius 2 is 2.00 bits per heavy atom. The smallest absolute Gasteiger partial charge is 0.317 e. The van der Waals surface area contributed by atoms with Crippen LogP contribution in [0.5, 0.6) is 0 Å². The Morgan fingerprint density at radius 1 is 1.29 bits per heavy atom. The highest BCUT2D eigenvalue weighted by Gasteiger charge is 2.23. The van der Waals surface area contributed by atoms with Crippen LogP contribution in [0.25, 0.3) is 0 Å². The highest BCUT2D eigenvalue weighted by Crippen LogP contribution is 2.15. The molecule has 122 valence electrons. The molecule has 1 saturated heterocycles. The Kier molecular flexibility index (Phi) is 8.12. The summed E-state index contributed by atoms with van der Waals surface area (Å²) < 4.78 is 0. The summed E-state index contributed by atoms with van der Waals surface area (Å²) >= 11 is 0. The second-order valence-corrected chi connectivity index (χ2v) is 5.95. The molecule has 0 aromatic rings. The zero-order valence-electron chi connectivity index (χ0n) is 13.3. The number of nitrogens with zero attached hydrogens (tertiary/aromatic N) is 2. The summed E-state index contributed by atoms with van der Waals surface area (Å²) in [4.78, 5) is 26.4. The van der Waals surface area contributed by atoms with Gasteiger partial charge in [0.2, 0.25) is 0 Å². The van der Waals surface area contributed by atoms with Crippen LogP contribution in [0.1, 0.15) is 44.9 Å². The van der Waals surface area contributed by atoms with Gasteiger partial charge in [0.1, 0.15) is 0 Å². The van der Waals surface area contributed by atoms with Crippen molar-refractivity contribution in [3.63, 3.8) is 0 Å². The van der Waals surface area contributed by atoms with E-state index in [-0.39, 0.29) is 12.5 Å². The Morgan fingerprint density at radius 3 is 2.62 bits per heavy atom. The fourth-order valence-electron chi connectivity index (χ4n) is 2.69. The number of hydrogen-bond acceptors (Lipinski definition) is 3. The quantitative estimate of drug-likeness (QED) is 0.636. The average Bonchev–Trinajstić information content (AvgIpc) is 2.82. The molecule has 0 aliphatic carbocycles. The van der Waals surface area contributed by atoms with Gasteiger partial charge in [-0.1, -0.05) is 12.8 Å². The van der Waals surface area contributed by atoms with Gasteiger partial charge in [-0.25, -0.2) is 4.79 Å². The summed E-state index contributed by atoms with van der Waals surface area (Å²) in [5, 5.41) is 11.4. The second-order valence-electron chi connectivity index (χ2n) is 5.95. The lowest BCUT2D eigenvalue weighted by Gasteiger charge is -2.26. The van der Waals surface area contributed by atoms with E-state index < -0.39 is 5.97 Å². The SMILES string of the molecule is CN(CC1CCCN1C)C(=O)NCCCCCCC(=O)O. The summed E-state index contributed by atoms with van der Waals surface area (Å²) in [6.07, 6.45) is 6.11. The first-order valence-corrected chi connectivity index (χ1v) is 7.91. The number of likely N-dealkylation sites (N-methyl/N-ethyl adjacent to an activating group) is 2. The van der Waals surface area contributed by atoms with Crippen molar-refractivity contribution in [3.05, 3.63) is 0 Å². The molecule has 0 radical (unpaired) electrons. The highest BCUT2D eigenvalue weighted by atomic mass is 16.4. The molecule has 21 heavy (non-hydrogen) atoms. The zero-order valence-corrected chi connectivity index (χ0v) is 13.3. The normalized spacial score (nSPS) is 18.7. The molecule has 0 spiro atoms. The van der Waals surface area contributed by atoms with E-state index in [1.807, 2.05) is 7.05 Å². The molecule has 1 fully saturated rings. The van der Waals surface area contributed by atoms with E-state index in [0.717, 1.165) is 45.2 Å². The van der Waals surface area contributed by atoms with Gasteiger partial charge in [-0.15, -0.1) is 0 Å². The maximum atomic E-state index is 11.9. The van der Waals surface area contributed by atoms with Crippen LogP contribution < -0.4 is 5.32 Å². The van der Waals surface area contributed by atoms with Crippen molar-refractivity contribution >= 4 is 12.0 Å². The third-order valence-electron chi connectivity index (χ3n) is 4.10. The van der Waals surface area contributed by atoms with Crippen LogP contribution in [0, 0.1) is 0 Å². The van der Waals surface area contributed by atoms with Gasteiger partial charge in [0.15, 0.2) is 0 Å². The summed E-state index contributed by atoms with van der Waals surface area (Å²) in [7, 11) is 3.95. The average molecular weight is 299 g/mol. The van der Waals surface area contributed by atoms with Crippen molar-refractivity contribution in [1.29, 1.82) is 0 Å². The first-order valence-electron chi connectivity index (χ1n) is 7.91. The van der Waals surface area contributed by atoms with Crippen LogP contribution >= 0.6 is 0 Å². The van der Waals surface area contributed by atoms with Crippen LogP contribution in [0.15, 0.2) is 0 Å². The number of unbranched alkanes of at least 4 members (excludes halogenated alkanes) is 3. The van der Waals surface area contributed by atoms with Crippen LogP contribution in [0.4, 0.5) is 4.79 Å². The van der Waals surface area contributed by atoms with Crippen molar-refractivity contribution in [2.75, 3.05) is 33.7 Å². The lowest BCUT2D eigenvalue weighted by molar-refractivity contribution is -0.137. The van der Waals surface area contributed by atoms with Gasteiger partial charge in [0, 0.05) is 32.6 Å². The highest BCUT2D eigenvalue weighted by molar-refractivity contribution is 5.73. The number of carboxylic acid groups (broad SMARTS) is 1. The largest absolute Gasteiger partial charge is 0.481 e. The van der Waals surface area contributed by atoms with Gasteiger partial charge in [-0.3, -0.25) is 4.79 Å². The summed E-state index contributed by atoms with van der Waals surface area (Å²) in [5.41, 5.74) is 0. The number of amides is 2. The van der Waals surface area contributed by atoms with Crippen molar-refractivity contribution in [1.82, 2.24) is 15.1 Å². The van der Waals surface area contributed by atoms with Gasteiger partial charge >= 0.3 is 12.0 Å². The molecular formula is C15H29N3O3. The van der Waals surface area contributed by atoms with Crippen molar-refractivity contribution < 1.29 is 14.7 Å². The minimum absolute atomic E-state index is 0.0131. The molecule has 0 bridgehead atoms. The molecule has 1 aliphatic heterocycles. The lowest BCUT2D eigenvalue weighted by atomic mass is 10.1. The third kappa shape index (κ3) is 7.32. The maximum Gasteiger partial charge on any atom is 0.317 e. The lowest BCUT2D eigenvalue weighted by Crippen LogP contribution is -2.44. The number of likely N-dealkylation sites (tertiary alicyclic amines) is 1. The monoisotopic (exact) mass is 299 g/mol. The second kappa shape index (κ2) is 9.60. The van der Waals surface area contributed by atoms with Crippen LogP contribution in [0.3, 0.4) is 0 Å². The van der Waals surface area contributed by atoms with E-state index in [1.165, 1.54) is 6.42 Å². The number of urea groups is 1. The Balaban J connectivity index is 2.03. The van der Waals surface area contributed by atoms with Crippen molar-refractivity contribution in [3.8, 4) is 0 Å². The fraction of sp³-hybridized carbons (Fsp3) is 0.867. The summed E-state index contributed by atoms with van der Waals surface area (Å²) in [6.45, 7) is 2.56. The Hall–Kier alpha value is -1.30. The van der Waals surface area contributed by atoms with Crippen LogP contribution in [-0.4, -0.2) is 66.7 Å². The van der Waals surface area contributed by atoms with Crippen molar-refractivity contribution in [2.45, 2.75) is 51.0 Å². The summed E-state index contributed by atoms with van der Waals surface area (Å²) in [5.74, 6) is -0.734. The van der Waals surface area contributed by atoms with E-state index in [2.05, 4.69) is 17.3 Å². The van der Waals surface area contributed by atoms with E-state index in [1.54, 1.807) is 4.90 Å². The fourth-order valence-corrected chi connectivity index (χ4v) is 2.69. The number of carbonyl (C=O) groups is 2. The van der Waals surface area contributed by atoms with E-state index >= 15 is 0 Å². The molecule has 0 aromatic carbocycles. The first-order chi connectivity index (χ1) is 10.0. The van der Waals surface area contributed by atoms with Gasteiger partial charge in [0.05, 0.1) is 0 Å². The number of carbonyl (C=O) groups excluding carboxylic acids is 1. The number of hydrogen-bond donors (Lipinski definition) is 2. The molecule has 0 saturated carbocycles. The molecule has 6 heteroatoms. The molecule has 1 heterocycles. The van der Waals surface area contributed by atoms with Gasteiger partial charge < -0.3 is 20.2 Å². The topological polar surface area (TPSA) is 72.9 Å². The van der Waals surface area contributed by atoms with Gasteiger partial charge in [0.25, 0.3) is 0 Å². The van der Waals surface area contributed by atoms with Gasteiger partial charge in [-0.2, -0.15) is 0 Å². The predicted octanol–water partition coefficient (Wildman–Crippen LogP) is 1.76. The standard InChI is InChI=1S/C15H29N3O3/c1-17-11-7-8-13(17)12-18(2)15(21)16-10-6-4-3-5-9-14(19)20/h13H,3-12H2,1-2H3,(H,16,21)(H,19,20). The number of rotatable bonds is 9. The molecule has 2 N–H and O–H groups in total. The molecule has 0 aromatic heterocycles. The molecule has 6 nitrogen and oxygen atoms in total. The number of nitrogens with one attached hydrogen (secondary N) is 1. The predicted molar refractivity (Wildman–Crippen MR) is 82.4 cm³/mol. The van der Waals surface area contributed by atoms with Crippen LogP contribution in [-0.2, 0) is 4.79 Å². The molecule has 1 unspecified atom stereocenters.